The van der Waals surface area contributed by atoms with Crippen molar-refractivity contribution in [2.24, 2.45) is 11.7 Å². The fraction of sp³-hybridized carbons (Fsp3) is 0.406. The second-order valence-corrected chi connectivity index (χ2v) is 11.6. The van der Waals surface area contributed by atoms with Crippen LogP contribution in [-0.2, 0) is 38.5 Å². The number of benzene rings is 2. The summed E-state index contributed by atoms with van der Waals surface area (Å²) in [6, 6.07) is 10.1. The number of aromatic nitrogens is 1. The first-order valence-corrected chi connectivity index (χ1v) is 14.4. The lowest BCUT2D eigenvalue weighted by Crippen LogP contribution is -2.37. The number of nitrogens with two attached hydrogens (primary N) is 1. The SMILES string of the molecule is CC(C)[C@@H]1Cc2ccc(Cl)cc2-c2cc(=O)n([C@@H](C[C@@H]3COCCO3)C(=O)Cc3ccc(C(N)=O)c(F)c3)cc2CO1. The minimum Gasteiger partial charge on any atom is -0.376 e. The molecule has 0 saturated carbocycles. The van der Waals surface area contributed by atoms with Crippen molar-refractivity contribution in [2.45, 2.75) is 58.0 Å². The fourth-order valence-corrected chi connectivity index (χ4v) is 5.76. The molecule has 2 aliphatic rings. The Labute approximate surface area is 248 Å². The molecule has 5 rings (SSSR count). The van der Waals surface area contributed by atoms with Gasteiger partial charge < -0.3 is 24.5 Å². The first-order chi connectivity index (χ1) is 20.1. The highest BCUT2D eigenvalue weighted by atomic mass is 35.5. The molecule has 1 saturated heterocycles. The first kappa shape index (κ1) is 30.1. The summed E-state index contributed by atoms with van der Waals surface area (Å²) in [4.78, 5) is 39.0. The largest absolute Gasteiger partial charge is 0.376 e. The maximum absolute atomic E-state index is 14.5. The predicted octanol–water partition coefficient (Wildman–Crippen LogP) is 4.66. The number of nitrogens with zero attached hydrogens (tertiary/aromatic N) is 1. The van der Waals surface area contributed by atoms with Gasteiger partial charge in [0.05, 0.1) is 50.2 Å². The molecule has 8 nitrogen and oxygen atoms in total. The van der Waals surface area contributed by atoms with Gasteiger partial charge in [0.25, 0.3) is 11.5 Å². The lowest BCUT2D eigenvalue weighted by Gasteiger charge is -2.30. The molecule has 0 radical (unpaired) electrons. The lowest BCUT2D eigenvalue weighted by molar-refractivity contribution is -0.126. The van der Waals surface area contributed by atoms with Crippen LogP contribution in [0.2, 0.25) is 5.02 Å². The molecule has 1 amide bonds. The van der Waals surface area contributed by atoms with E-state index in [0.717, 1.165) is 22.8 Å². The molecular formula is C32H34ClFN2O6. The first-order valence-electron chi connectivity index (χ1n) is 14.1. The van der Waals surface area contributed by atoms with Gasteiger partial charge in [-0.2, -0.15) is 0 Å². The highest BCUT2D eigenvalue weighted by Crippen LogP contribution is 2.34. The number of carbonyl (C=O) groups is 2. The Bertz CT molecular complexity index is 1550. The minimum atomic E-state index is -0.918. The Hall–Kier alpha value is -3.37. The number of hydrogen-bond donors (Lipinski definition) is 1. The van der Waals surface area contributed by atoms with Gasteiger partial charge in [-0.25, -0.2) is 4.39 Å². The van der Waals surface area contributed by atoms with Crippen LogP contribution < -0.4 is 11.3 Å². The zero-order chi connectivity index (χ0) is 30.0. The summed E-state index contributed by atoms with van der Waals surface area (Å²) in [6.45, 7) is 5.57. The van der Waals surface area contributed by atoms with E-state index in [0.29, 0.717) is 35.8 Å². The van der Waals surface area contributed by atoms with Gasteiger partial charge >= 0.3 is 0 Å². The Kier molecular flexibility index (Phi) is 9.22. The van der Waals surface area contributed by atoms with Crippen molar-refractivity contribution >= 4 is 23.3 Å². The van der Waals surface area contributed by atoms with Crippen molar-refractivity contribution in [1.82, 2.24) is 4.57 Å². The molecule has 3 atom stereocenters. The topological polar surface area (TPSA) is 110 Å². The minimum absolute atomic E-state index is 0.0538. The van der Waals surface area contributed by atoms with Gasteiger partial charge in [0.1, 0.15) is 5.82 Å². The zero-order valence-corrected chi connectivity index (χ0v) is 24.4. The van der Waals surface area contributed by atoms with Crippen LogP contribution in [0.1, 0.15) is 53.4 Å². The summed E-state index contributed by atoms with van der Waals surface area (Å²) < 4.78 is 33.6. The highest BCUT2D eigenvalue weighted by Gasteiger charge is 2.30. The van der Waals surface area contributed by atoms with Crippen LogP contribution in [0.3, 0.4) is 0 Å². The van der Waals surface area contributed by atoms with Crippen molar-refractivity contribution in [2.75, 3.05) is 19.8 Å². The summed E-state index contributed by atoms with van der Waals surface area (Å²) in [5, 5.41) is 0.559. The third-order valence-electron chi connectivity index (χ3n) is 7.90. The molecule has 0 bridgehead atoms. The smallest absolute Gasteiger partial charge is 0.251 e. The van der Waals surface area contributed by atoms with Crippen LogP contribution >= 0.6 is 11.6 Å². The van der Waals surface area contributed by atoms with Crippen LogP contribution in [0.5, 0.6) is 0 Å². The number of carbonyl (C=O) groups excluding carboxylic acids is 2. The predicted molar refractivity (Wildman–Crippen MR) is 156 cm³/mol. The van der Waals surface area contributed by atoms with Crippen molar-refractivity contribution < 1.29 is 28.2 Å². The molecule has 0 unspecified atom stereocenters. The number of ketones is 1. The van der Waals surface area contributed by atoms with E-state index < -0.39 is 23.9 Å². The van der Waals surface area contributed by atoms with Crippen LogP contribution in [0.25, 0.3) is 11.1 Å². The van der Waals surface area contributed by atoms with Crippen molar-refractivity contribution in [1.29, 1.82) is 0 Å². The van der Waals surface area contributed by atoms with Crippen LogP contribution in [-0.4, -0.2) is 48.3 Å². The number of pyridine rings is 1. The van der Waals surface area contributed by atoms with Gasteiger partial charge in [-0.1, -0.05) is 37.6 Å². The maximum atomic E-state index is 14.5. The number of ether oxygens (including phenoxy) is 3. The van der Waals surface area contributed by atoms with Gasteiger partial charge in [-0.05, 0) is 58.9 Å². The molecule has 2 N–H and O–H groups in total. The Morgan fingerprint density at radius 1 is 1.07 bits per heavy atom. The molecule has 2 aromatic carbocycles. The molecule has 1 aromatic heterocycles. The average molecular weight is 597 g/mol. The van der Waals surface area contributed by atoms with Crippen LogP contribution in [0.4, 0.5) is 4.39 Å². The van der Waals surface area contributed by atoms with Gasteiger partial charge in [0, 0.05) is 35.7 Å². The summed E-state index contributed by atoms with van der Waals surface area (Å²) >= 11 is 6.39. The number of primary amides is 1. The Balaban J connectivity index is 1.55. The van der Waals surface area contributed by atoms with E-state index in [-0.39, 0.29) is 55.0 Å². The summed E-state index contributed by atoms with van der Waals surface area (Å²) in [7, 11) is 0. The number of amides is 1. The standard InChI is InChI=1S/C32H34ClFN2O6/c1-18(2)30-11-20-4-5-22(33)12-25(20)26-14-31(38)36(15-21(26)16-42-30)28(13-23-17-40-7-8-41-23)29(37)10-19-3-6-24(32(35)39)27(34)9-19/h3-6,9,12,14-15,18,23,28,30H,7-8,10-11,13,16-17H2,1-2H3,(H2,35,39)/t23-,28+,30+/m1/s1. The van der Waals surface area contributed by atoms with Gasteiger partial charge in [-0.3, -0.25) is 14.4 Å². The monoisotopic (exact) mass is 596 g/mol. The van der Waals surface area contributed by atoms with Crippen LogP contribution in [0, 0.1) is 11.7 Å². The van der Waals surface area contributed by atoms with Crippen molar-refractivity contribution in [3.05, 3.63) is 92.1 Å². The highest BCUT2D eigenvalue weighted by molar-refractivity contribution is 6.30. The third kappa shape index (κ3) is 6.65. The van der Waals surface area contributed by atoms with Gasteiger partial charge in [0.15, 0.2) is 5.78 Å². The molecule has 3 aromatic rings. The van der Waals surface area contributed by atoms with Crippen molar-refractivity contribution in [3.8, 4) is 11.1 Å². The Morgan fingerprint density at radius 2 is 1.86 bits per heavy atom. The van der Waals surface area contributed by atoms with Gasteiger partial charge in [0.2, 0.25) is 0 Å². The number of fused-ring (bicyclic) bond motifs is 3. The maximum Gasteiger partial charge on any atom is 0.251 e. The summed E-state index contributed by atoms with van der Waals surface area (Å²) in [5.41, 5.74) is 8.31. The quantitative estimate of drug-likeness (QED) is 0.405. The number of halogens is 2. The number of rotatable bonds is 8. The lowest BCUT2D eigenvalue weighted by atomic mass is 9.89. The second-order valence-electron chi connectivity index (χ2n) is 11.2. The molecule has 2 aliphatic heterocycles. The van der Waals surface area contributed by atoms with E-state index in [1.807, 2.05) is 18.2 Å². The van der Waals surface area contributed by atoms with E-state index in [1.165, 1.54) is 22.8 Å². The third-order valence-corrected chi connectivity index (χ3v) is 8.13. The van der Waals surface area contributed by atoms with E-state index in [1.54, 1.807) is 6.20 Å². The van der Waals surface area contributed by atoms with E-state index >= 15 is 0 Å². The molecule has 1 fully saturated rings. The van der Waals surface area contributed by atoms with E-state index in [9.17, 15) is 18.8 Å². The zero-order valence-electron chi connectivity index (χ0n) is 23.6. The second kappa shape index (κ2) is 12.9. The number of hydrogen-bond acceptors (Lipinski definition) is 6. The molecule has 10 heteroatoms. The summed E-state index contributed by atoms with van der Waals surface area (Å²) in [5.74, 6) is -1.76. The fourth-order valence-electron chi connectivity index (χ4n) is 5.59. The summed E-state index contributed by atoms with van der Waals surface area (Å²) in [6.07, 6.45) is 1.93. The average Bonchev–Trinajstić information content (AvgIpc) is 2.94. The van der Waals surface area contributed by atoms with Crippen molar-refractivity contribution in [3.63, 3.8) is 0 Å². The van der Waals surface area contributed by atoms with E-state index in [4.69, 9.17) is 31.5 Å². The molecule has 42 heavy (non-hydrogen) atoms. The molecule has 222 valence electrons. The molecular weight excluding hydrogens is 563 g/mol. The molecule has 0 aliphatic carbocycles. The Morgan fingerprint density at radius 3 is 2.55 bits per heavy atom. The number of Topliss-reactive ketones (excluding diaryl/α,β-unsaturated/α-hetero) is 1. The normalized spacial score (nSPS) is 19.4. The van der Waals surface area contributed by atoms with Crippen LogP contribution in [0.15, 0.2) is 53.5 Å². The molecule has 3 heterocycles. The van der Waals surface area contributed by atoms with Gasteiger partial charge in [-0.15, -0.1) is 0 Å². The van der Waals surface area contributed by atoms with E-state index in [2.05, 4.69) is 13.8 Å². The molecule has 0 spiro atoms.